The van der Waals surface area contributed by atoms with Crippen molar-refractivity contribution in [3.8, 4) is 5.75 Å². The van der Waals surface area contributed by atoms with E-state index in [-0.39, 0.29) is 5.56 Å². The van der Waals surface area contributed by atoms with Crippen molar-refractivity contribution < 1.29 is 13.9 Å². The van der Waals surface area contributed by atoms with Crippen molar-refractivity contribution in [1.29, 1.82) is 0 Å². The number of halogens is 2. The lowest BCUT2D eigenvalue weighted by Gasteiger charge is -2.10. The number of carbonyl (C=O) groups excluding carboxylic acids is 1. The van der Waals surface area contributed by atoms with Gasteiger partial charge in [-0.15, -0.1) is 0 Å². The van der Waals surface area contributed by atoms with Gasteiger partial charge in [0.1, 0.15) is 11.6 Å². The predicted octanol–water partition coefficient (Wildman–Crippen LogP) is 4.05. The van der Waals surface area contributed by atoms with E-state index in [2.05, 4.69) is 5.32 Å². The second kappa shape index (κ2) is 5.92. The monoisotopic (exact) mass is 293 g/mol. The van der Waals surface area contributed by atoms with Gasteiger partial charge in [-0.1, -0.05) is 17.7 Å². The van der Waals surface area contributed by atoms with Gasteiger partial charge in [0, 0.05) is 6.07 Å². The first kappa shape index (κ1) is 14.3. The molecule has 104 valence electrons. The van der Waals surface area contributed by atoms with E-state index in [1.54, 1.807) is 31.2 Å². The molecule has 0 unspecified atom stereocenters. The predicted molar refractivity (Wildman–Crippen MR) is 77.1 cm³/mol. The third-order valence-corrected chi connectivity index (χ3v) is 3.12. The summed E-state index contributed by atoms with van der Waals surface area (Å²) in [6, 6.07) is 9.26. The molecule has 0 saturated carbocycles. The van der Waals surface area contributed by atoms with E-state index >= 15 is 0 Å². The summed E-state index contributed by atoms with van der Waals surface area (Å²) < 4.78 is 18.8. The van der Waals surface area contributed by atoms with Gasteiger partial charge in [0.25, 0.3) is 5.91 Å². The van der Waals surface area contributed by atoms with Crippen LogP contribution in [-0.2, 0) is 0 Å². The van der Waals surface area contributed by atoms with E-state index < -0.39 is 11.7 Å². The molecule has 0 aliphatic rings. The Morgan fingerprint density at radius 2 is 2.00 bits per heavy atom. The van der Waals surface area contributed by atoms with E-state index in [1.165, 1.54) is 19.2 Å². The van der Waals surface area contributed by atoms with E-state index in [0.717, 1.165) is 5.56 Å². The molecule has 0 heterocycles. The van der Waals surface area contributed by atoms with Crippen LogP contribution in [0.5, 0.6) is 5.75 Å². The number of anilines is 1. The summed E-state index contributed by atoms with van der Waals surface area (Å²) in [6.45, 7) is 1.75. The van der Waals surface area contributed by atoms with Crippen molar-refractivity contribution in [2.75, 3.05) is 12.4 Å². The fourth-order valence-electron chi connectivity index (χ4n) is 1.72. The van der Waals surface area contributed by atoms with Gasteiger partial charge >= 0.3 is 0 Å². The maximum atomic E-state index is 13.7. The van der Waals surface area contributed by atoms with Crippen LogP contribution in [0.2, 0.25) is 5.02 Å². The zero-order valence-corrected chi connectivity index (χ0v) is 11.8. The van der Waals surface area contributed by atoms with E-state index in [0.29, 0.717) is 16.5 Å². The quantitative estimate of drug-likeness (QED) is 0.927. The van der Waals surface area contributed by atoms with Crippen LogP contribution in [0.4, 0.5) is 10.1 Å². The lowest BCUT2D eigenvalue weighted by atomic mass is 10.1. The van der Waals surface area contributed by atoms with Crippen LogP contribution in [0.1, 0.15) is 15.9 Å². The Hall–Kier alpha value is -2.07. The molecule has 0 aromatic heterocycles. The molecule has 1 N–H and O–H groups in total. The van der Waals surface area contributed by atoms with Gasteiger partial charge in [0.2, 0.25) is 0 Å². The van der Waals surface area contributed by atoms with Gasteiger partial charge in [0.15, 0.2) is 0 Å². The topological polar surface area (TPSA) is 38.3 Å². The smallest absolute Gasteiger partial charge is 0.258 e. The van der Waals surface area contributed by atoms with Crippen LogP contribution in [-0.4, -0.2) is 13.0 Å². The summed E-state index contributed by atoms with van der Waals surface area (Å²) in [5, 5.41) is 2.92. The molecule has 2 aromatic carbocycles. The highest BCUT2D eigenvalue weighted by molar-refractivity contribution is 6.34. The summed E-state index contributed by atoms with van der Waals surface area (Å²) in [4.78, 5) is 12.0. The molecule has 0 aliphatic heterocycles. The van der Waals surface area contributed by atoms with Gasteiger partial charge in [-0.05, 0) is 36.8 Å². The Kier molecular flexibility index (Phi) is 4.25. The molecule has 1 amide bonds. The number of amides is 1. The standard InChI is InChI=1S/C15H13ClFNO2/c1-9-3-5-11(13(17)7-9)15(19)18-14-8-10(20-2)4-6-12(14)16/h3-8H,1-2H3,(H,18,19). The normalized spacial score (nSPS) is 10.2. The van der Waals surface area contributed by atoms with Crippen LogP contribution in [0, 0.1) is 12.7 Å². The first-order chi connectivity index (χ1) is 9.51. The fourth-order valence-corrected chi connectivity index (χ4v) is 1.89. The molecule has 0 radical (unpaired) electrons. The van der Waals surface area contributed by atoms with E-state index in [9.17, 15) is 9.18 Å². The minimum absolute atomic E-state index is 0.0329. The Labute approximate surface area is 121 Å². The van der Waals surface area contributed by atoms with Crippen LogP contribution in [0.3, 0.4) is 0 Å². The molecular formula is C15H13ClFNO2. The maximum absolute atomic E-state index is 13.7. The number of hydrogen-bond acceptors (Lipinski definition) is 2. The van der Waals surface area contributed by atoms with Crippen molar-refractivity contribution in [3.63, 3.8) is 0 Å². The van der Waals surface area contributed by atoms with Gasteiger partial charge in [-0.3, -0.25) is 4.79 Å². The molecular weight excluding hydrogens is 281 g/mol. The summed E-state index contributed by atoms with van der Waals surface area (Å²) in [6.07, 6.45) is 0. The third kappa shape index (κ3) is 3.08. The summed E-state index contributed by atoms with van der Waals surface area (Å²) in [5.74, 6) is -0.576. The molecule has 0 saturated heterocycles. The van der Waals surface area contributed by atoms with Crippen molar-refractivity contribution >= 4 is 23.2 Å². The third-order valence-electron chi connectivity index (χ3n) is 2.79. The number of carbonyl (C=O) groups is 1. The Bertz CT molecular complexity index is 658. The average Bonchev–Trinajstić information content (AvgIpc) is 2.41. The highest BCUT2D eigenvalue weighted by atomic mass is 35.5. The van der Waals surface area contributed by atoms with Crippen LogP contribution < -0.4 is 10.1 Å². The van der Waals surface area contributed by atoms with Gasteiger partial charge in [0.05, 0.1) is 23.4 Å². The number of aryl methyl sites for hydroxylation is 1. The molecule has 0 bridgehead atoms. The van der Waals surface area contributed by atoms with Gasteiger partial charge < -0.3 is 10.1 Å². The first-order valence-electron chi connectivity index (χ1n) is 5.92. The number of methoxy groups -OCH3 is 1. The van der Waals surface area contributed by atoms with Crippen molar-refractivity contribution in [1.82, 2.24) is 0 Å². The van der Waals surface area contributed by atoms with Gasteiger partial charge in [-0.25, -0.2) is 4.39 Å². The first-order valence-corrected chi connectivity index (χ1v) is 6.30. The van der Waals surface area contributed by atoms with Crippen molar-refractivity contribution in [2.45, 2.75) is 6.92 Å². The minimum Gasteiger partial charge on any atom is -0.497 e. The summed E-state index contributed by atoms with van der Waals surface area (Å²) in [7, 11) is 1.51. The van der Waals surface area contributed by atoms with Gasteiger partial charge in [-0.2, -0.15) is 0 Å². The number of rotatable bonds is 3. The fraction of sp³-hybridized carbons (Fsp3) is 0.133. The Balaban J connectivity index is 2.27. The molecule has 0 atom stereocenters. The van der Waals surface area contributed by atoms with Crippen molar-refractivity contribution in [3.05, 3.63) is 58.4 Å². The molecule has 3 nitrogen and oxygen atoms in total. The number of ether oxygens (including phenoxy) is 1. The lowest BCUT2D eigenvalue weighted by molar-refractivity contribution is 0.102. The molecule has 20 heavy (non-hydrogen) atoms. The van der Waals surface area contributed by atoms with E-state index in [4.69, 9.17) is 16.3 Å². The highest BCUT2D eigenvalue weighted by Gasteiger charge is 2.13. The zero-order valence-electron chi connectivity index (χ0n) is 11.0. The second-order valence-electron chi connectivity index (χ2n) is 4.28. The molecule has 0 fully saturated rings. The second-order valence-corrected chi connectivity index (χ2v) is 4.69. The molecule has 0 aliphatic carbocycles. The highest BCUT2D eigenvalue weighted by Crippen LogP contribution is 2.27. The largest absolute Gasteiger partial charge is 0.497 e. The maximum Gasteiger partial charge on any atom is 0.258 e. The minimum atomic E-state index is -0.568. The molecule has 5 heteroatoms. The molecule has 0 spiro atoms. The summed E-state index contributed by atoms with van der Waals surface area (Å²) >= 11 is 5.99. The number of benzene rings is 2. The Morgan fingerprint density at radius 1 is 1.25 bits per heavy atom. The number of hydrogen-bond donors (Lipinski definition) is 1. The van der Waals surface area contributed by atoms with Crippen LogP contribution >= 0.6 is 11.6 Å². The Morgan fingerprint density at radius 3 is 2.65 bits per heavy atom. The van der Waals surface area contributed by atoms with Crippen LogP contribution in [0.15, 0.2) is 36.4 Å². The average molecular weight is 294 g/mol. The number of nitrogens with one attached hydrogen (secondary N) is 1. The lowest BCUT2D eigenvalue weighted by Crippen LogP contribution is -2.14. The van der Waals surface area contributed by atoms with Crippen LogP contribution in [0.25, 0.3) is 0 Å². The SMILES string of the molecule is COc1ccc(Cl)c(NC(=O)c2ccc(C)cc2F)c1. The molecule has 2 aromatic rings. The summed E-state index contributed by atoms with van der Waals surface area (Å²) in [5.41, 5.74) is 1.09. The van der Waals surface area contributed by atoms with Crippen molar-refractivity contribution in [2.24, 2.45) is 0 Å². The molecule has 2 rings (SSSR count). The van der Waals surface area contributed by atoms with E-state index in [1.807, 2.05) is 0 Å². The zero-order chi connectivity index (χ0) is 14.7.